The molecule has 7 heteroatoms. The summed E-state index contributed by atoms with van der Waals surface area (Å²) in [6.45, 7) is 7.48. The topological polar surface area (TPSA) is 90.4 Å². The minimum atomic E-state index is -0.634. The first kappa shape index (κ1) is 16.5. The Balaban J connectivity index is 2.34. The van der Waals surface area contributed by atoms with Crippen molar-refractivity contribution >= 4 is 5.97 Å². The Bertz CT molecular complexity index is 664. The highest BCUT2D eigenvalue weighted by atomic mass is 16.6. The lowest BCUT2D eigenvalue weighted by atomic mass is 9.81. The summed E-state index contributed by atoms with van der Waals surface area (Å²) in [6, 6.07) is 1.29. The number of ether oxygens (including phenoxy) is 2. The molecule has 122 valence electrons. The van der Waals surface area contributed by atoms with E-state index in [1.54, 1.807) is 0 Å². The molecule has 1 aromatic heterocycles. The number of nitrogens with zero attached hydrogens (tertiary/aromatic N) is 1. The van der Waals surface area contributed by atoms with Gasteiger partial charge in [0.05, 0.1) is 0 Å². The summed E-state index contributed by atoms with van der Waals surface area (Å²) >= 11 is 0. The number of aromatic nitrogens is 2. The standard InChI is InChI=1S/C15H22N2O5/c1-5-15(8-21-11(4)18)10(3)9(2)13(22-15)17-7-6-12(19)16-14(17)20/h6-7,9-10,13H,5,8H2,1-4H3,(H,16,19,20)/t9-,10+,13-,15-/m1/s1. The van der Waals surface area contributed by atoms with Crippen molar-refractivity contribution in [1.29, 1.82) is 0 Å². The summed E-state index contributed by atoms with van der Waals surface area (Å²) in [5.74, 6) is -0.249. The summed E-state index contributed by atoms with van der Waals surface area (Å²) in [5.41, 5.74) is -1.58. The Morgan fingerprint density at radius 2 is 2.14 bits per heavy atom. The van der Waals surface area contributed by atoms with Gasteiger partial charge < -0.3 is 9.47 Å². The maximum atomic E-state index is 12.0. The summed E-state index contributed by atoms with van der Waals surface area (Å²) in [4.78, 5) is 36.5. The van der Waals surface area contributed by atoms with Crippen LogP contribution in [0, 0.1) is 11.8 Å². The second-order valence-electron chi connectivity index (χ2n) is 5.87. The van der Waals surface area contributed by atoms with E-state index in [1.807, 2.05) is 20.8 Å². The Labute approximate surface area is 128 Å². The van der Waals surface area contributed by atoms with Gasteiger partial charge in [0.2, 0.25) is 0 Å². The second kappa shape index (κ2) is 6.08. The number of hydrogen-bond acceptors (Lipinski definition) is 5. The molecule has 0 aromatic carbocycles. The van der Waals surface area contributed by atoms with Gasteiger partial charge in [-0.15, -0.1) is 0 Å². The van der Waals surface area contributed by atoms with Crippen molar-refractivity contribution in [1.82, 2.24) is 9.55 Å². The molecule has 1 fully saturated rings. The van der Waals surface area contributed by atoms with Crippen LogP contribution in [0.5, 0.6) is 0 Å². The quantitative estimate of drug-likeness (QED) is 0.839. The lowest BCUT2D eigenvalue weighted by Gasteiger charge is -2.31. The molecule has 0 spiro atoms. The van der Waals surface area contributed by atoms with Crippen molar-refractivity contribution in [3.05, 3.63) is 33.1 Å². The average molecular weight is 310 g/mol. The molecular formula is C15H22N2O5. The van der Waals surface area contributed by atoms with Gasteiger partial charge in [-0.05, 0) is 12.3 Å². The molecule has 1 aliphatic heterocycles. The van der Waals surface area contributed by atoms with Crippen LogP contribution in [-0.2, 0) is 14.3 Å². The van der Waals surface area contributed by atoms with Crippen molar-refractivity contribution in [3.63, 3.8) is 0 Å². The highest BCUT2D eigenvalue weighted by Crippen LogP contribution is 2.47. The van der Waals surface area contributed by atoms with Crippen molar-refractivity contribution < 1.29 is 14.3 Å². The minimum absolute atomic E-state index is 0.0270. The zero-order chi connectivity index (χ0) is 16.5. The molecule has 1 aromatic rings. The molecule has 0 radical (unpaired) electrons. The molecule has 0 aliphatic carbocycles. The highest BCUT2D eigenvalue weighted by Gasteiger charge is 2.51. The molecule has 0 unspecified atom stereocenters. The van der Waals surface area contributed by atoms with Gasteiger partial charge in [0.15, 0.2) is 0 Å². The van der Waals surface area contributed by atoms with E-state index in [9.17, 15) is 14.4 Å². The van der Waals surface area contributed by atoms with Crippen molar-refractivity contribution in [2.75, 3.05) is 6.61 Å². The van der Waals surface area contributed by atoms with Crippen molar-refractivity contribution in [2.45, 2.75) is 45.9 Å². The fourth-order valence-electron chi connectivity index (χ4n) is 3.02. The Hall–Kier alpha value is -1.89. The Morgan fingerprint density at radius 3 is 2.68 bits per heavy atom. The van der Waals surface area contributed by atoms with Crippen LogP contribution in [0.3, 0.4) is 0 Å². The molecule has 4 atom stereocenters. The zero-order valence-electron chi connectivity index (χ0n) is 13.3. The Morgan fingerprint density at radius 1 is 1.45 bits per heavy atom. The number of aromatic amines is 1. The van der Waals surface area contributed by atoms with E-state index < -0.39 is 23.1 Å². The smallest absolute Gasteiger partial charge is 0.330 e. The average Bonchev–Trinajstić information content (AvgIpc) is 2.71. The van der Waals surface area contributed by atoms with Gasteiger partial charge in [-0.25, -0.2) is 4.79 Å². The molecule has 1 aliphatic rings. The van der Waals surface area contributed by atoms with Crippen LogP contribution in [0.15, 0.2) is 21.9 Å². The molecule has 1 N–H and O–H groups in total. The van der Waals surface area contributed by atoms with Crippen LogP contribution >= 0.6 is 0 Å². The Kier molecular flexibility index (Phi) is 4.55. The van der Waals surface area contributed by atoms with Gasteiger partial charge in [-0.1, -0.05) is 20.8 Å². The summed E-state index contributed by atoms with van der Waals surface area (Å²) in [6.07, 6.45) is 1.59. The third-order valence-corrected chi connectivity index (χ3v) is 4.67. The number of esters is 1. The van der Waals surface area contributed by atoms with E-state index in [2.05, 4.69) is 4.98 Å². The van der Waals surface area contributed by atoms with Gasteiger partial charge in [-0.2, -0.15) is 0 Å². The predicted molar refractivity (Wildman–Crippen MR) is 79.4 cm³/mol. The van der Waals surface area contributed by atoms with Gasteiger partial charge in [0, 0.05) is 25.1 Å². The number of carbonyl (C=O) groups excluding carboxylic acids is 1. The molecule has 0 bridgehead atoms. The summed E-state index contributed by atoms with van der Waals surface area (Å²) in [7, 11) is 0. The minimum Gasteiger partial charge on any atom is -0.463 e. The molecule has 22 heavy (non-hydrogen) atoms. The van der Waals surface area contributed by atoms with Crippen LogP contribution < -0.4 is 11.2 Å². The first-order chi connectivity index (χ1) is 10.3. The highest BCUT2D eigenvalue weighted by molar-refractivity contribution is 5.65. The number of carbonyl (C=O) groups is 1. The van der Waals surface area contributed by atoms with Gasteiger partial charge >= 0.3 is 11.7 Å². The monoisotopic (exact) mass is 310 g/mol. The van der Waals surface area contributed by atoms with Crippen LogP contribution in [-0.4, -0.2) is 27.7 Å². The van der Waals surface area contributed by atoms with Crippen molar-refractivity contribution in [3.8, 4) is 0 Å². The van der Waals surface area contributed by atoms with Crippen LogP contribution in [0.4, 0.5) is 0 Å². The fourth-order valence-corrected chi connectivity index (χ4v) is 3.02. The van der Waals surface area contributed by atoms with Crippen LogP contribution in [0.25, 0.3) is 0 Å². The number of hydrogen-bond donors (Lipinski definition) is 1. The van der Waals surface area contributed by atoms with E-state index in [0.29, 0.717) is 6.42 Å². The normalized spacial score (nSPS) is 31.2. The molecule has 2 rings (SSSR count). The van der Waals surface area contributed by atoms with E-state index in [-0.39, 0.29) is 24.4 Å². The first-order valence-corrected chi connectivity index (χ1v) is 7.43. The third-order valence-electron chi connectivity index (χ3n) is 4.67. The van der Waals surface area contributed by atoms with Gasteiger partial charge in [0.1, 0.15) is 18.4 Å². The van der Waals surface area contributed by atoms with E-state index in [1.165, 1.54) is 23.8 Å². The number of H-pyrrole nitrogens is 1. The maximum Gasteiger partial charge on any atom is 0.330 e. The lowest BCUT2D eigenvalue weighted by Crippen LogP contribution is -2.40. The third kappa shape index (κ3) is 2.85. The van der Waals surface area contributed by atoms with E-state index in [0.717, 1.165) is 0 Å². The fraction of sp³-hybridized carbons (Fsp3) is 0.667. The molecule has 2 heterocycles. The molecule has 0 saturated carbocycles. The van der Waals surface area contributed by atoms with Gasteiger partial charge in [0.25, 0.3) is 5.56 Å². The second-order valence-corrected chi connectivity index (χ2v) is 5.87. The SMILES string of the molecule is CC[C@]1(COC(C)=O)O[C@@H](n2ccc(=O)[nH]c2=O)[C@H](C)[C@@H]1C. The number of rotatable bonds is 4. The van der Waals surface area contributed by atoms with Crippen molar-refractivity contribution in [2.24, 2.45) is 11.8 Å². The molecule has 1 saturated heterocycles. The van der Waals surface area contributed by atoms with Crippen LogP contribution in [0.2, 0.25) is 0 Å². The molecule has 7 nitrogen and oxygen atoms in total. The summed E-state index contributed by atoms with van der Waals surface area (Å²) < 4.78 is 12.7. The largest absolute Gasteiger partial charge is 0.463 e. The first-order valence-electron chi connectivity index (χ1n) is 7.43. The molecular weight excluding hydrogens is 288 g/mol. The number of nitrogens with one attached hydrogen (secondary N) is 1. The van der Waals surface area contributed by atoms with E-state index in [4.69, 9.17) is 9.47 Å². The maximum absolute atomic E-state index is 12.0. The molecule has 0 amide bonds. The lowest BCUT2D eigenvalue weighted by molar-refractivity contribution is -0.160. The zero-order valence-corrected chi connectivity index (χ0v) is 13.3. The van der Waals surface area contributed by atoms with Gasteiger partial charge in [-0.3, -0.25) is 19.1 Å². The van der Waals surface area contributed by atoms with E-state index >= 15 is 0 Å². The van der Waals surface area contributed by atoms with Crippen LogP contribution in [0.1, 0.15) is 40.3 Å². The predicted octanol–water partition coefficient (Wildman–Crippen LogP) is 1.05. The summed E-state index contributed by atoms with van der Waals surface area (Å²) in [5, 5.41) is 0.